The minimum Gasteiger partial charge on any atom is -0.380 e. The number of nitrogens with one attached hydrogen (secondary N) is 1. The third-order valence-electron chi connectivity index (χ3n) is 9.56. The molecule has 0 aliphatic carbocycles. The fourth-order valence-corrected chi connectivity index (χ4v) is 7.38. The van der Waals surface area contributed by atoms with Crippen LogP contribution in [-0.2, 0) is 19.6 Å². The second kappa shape index (κ2) is 10.8. The summed E-state index contributed by atoms with van der Waals surface area (Å²) >= 11 is 0. The highest BCUT2D eigenvalue weighted by Crippen LogP contribution is 2.40. The molecule has 0 unspecified atom stereocenters. The number of benzene rings is 4. The van der Waals surface area contributed by atoms with Crippen LogP contribution in [0.15, 0.2) is 48.5 Å². The van der Waals surface area contributed by atoms with Crippen LogP contribution < -0.4 is 15.1 Å². The monoisotopic (exact) mass is 558 g/mol. The quantitative estimate of drug-likeness (QED) is 0.272. The van der Waals surface area contributed by atoms with Crippen molar-refractivity contribution in [2.75, 3.05) is 42.4 Å². The largest absolute Gasteiger partial charge is 0.380 e. The van der Waals surface area contributed by atoms with Gasteiger partial charge >= 0.3 is 0 Å². The lowest BCUT2D eigenvalue weighted by atomic mass is 9.91. The minimum absolute atomic E-state index is 0.808. The summed E-state index contributed by atoms with van der Waals surface area (Å²) in [5.74, 6) is 0. The minimum atomic E-state index is 0.808. The number of aryl methyl sites for hydroxylation is 5. The van der Waals surface area contributed by atoms with Crippen LogP contribution in [-0.4, -0.2) is 32.2 Å². The molecule has 0 aromatic heterocycles. The van der Waals surface area contributed by atoms with E-state index < -0.39 is 0 Å². The highest BCUT2D eigenvalue weighted by molar-refractivity contribution is 5.78. The number of anilines is 3. The molecule has 0 atom stereocenters. The molecule has 0 spiro atoms. The smallest absolute Gasteiger partial charge is 0.0707 e. The van der Waals surface area contributed by atoms with Gasteiger partial charge in [-0.1, -0.05) is 12.1 Å². The van der Waals surface area contributed by atoms with Gasteiger partial charge < -0.3 is 15.1 Å². The molecule has 6 rings (SSSR count). The van der Waals surface area contributed by atoms with Crippen molar-refractivity contribution in [1.82, 2.24) is 4.90 Å². The third kappa shape index (κ3) is 4.96. The van der Waals surface area contributed by atoms with Crippen LogP contribution in [0.1, 0.15) is 57.0 Å². The van der Waals surface area contributed by atoms with Crippen LogP contribution in [0.3, 0.4) is 0 Å². The van der Waals surface area contributed by atoms with Crippen LogP contribution in [0.5, 0.6) is 0 Å². The lowest BCUT2D eigenvalue weighted by Crippen LogP contribution is -2.40. The first-order valence-electron chi connectivity index (χ1n) is 15.4. The van der Waals surface area contributed by atoms with E-state index in [0.29, 0.717) is 0 Å². The molecular formula is C38H46N4. The van der Waals surface area contributed by atoms with Crippen molar-refractivity contribution in [1.29, 1.82) is 0 Å². The Morgan fingerprint density at radius 2 is 1.12 bits per heavy atom. The number of hydrogen-bond donors (Lipinski definition) is 1. The van der Waals surface area contributed by atoms with Gasteiger partial charge in [-0.05, 0) is 164 Å². The molecule has 2 heterocycles. The molecule has 2 aliphatic heterocycles. The van der Waals surface area contributed by atoms with Crippen molar-refractivity contribution >= 4 is 17.1 Å². The van der Waals surface area contributed by atoms with Gasteiger partial charge in [-0.25, -0.2) is 0 Å². The average molecular weight is 559 g/mol. The number of nitrogens with zero attached hydrogens (tertiary/aromatic N) is 3. The molecule has 2 aliphatic rings. The average Bonchev–Trinajstić information content (AvgIpc) is 2.92. The van der Waals surface area contributed by atoms with Crippen molar-refractivity contribution < 1.29 is 0 Å². The van der Waals surface area contributed by atoms with Crippen LogP contribution in [0.2, 0.25) is 0 Å². The van der Waals surface area contributed by atoms with Gasteiger partial charge in [0.25, 0.3) is 0 Å². The predicted molar refractivity (Wildman–Crippen MR) is 181 cm³/mol. The molecule has 4 heteroatoms. The van der Waals surface area contributed by atoms with E-state index in [4.69, 9.17) is 0 Å². The van der Waals surface area contributed by atoms with Gasteiger partial charge in [0.2, 0.25) is 0 Å². The van der Waals surface area contributed by atoms with E-state index in [1.165, 1.54) is 89.4 Å². The first kappa shape index (κ1) is 28.4. The van der Waals surface area contributed by atoms with Gasteiger partial charge in [0, 0.05) is 50.3 Å². The second-order valence-corrected chi connectivity index (χ2v) is 12.9. The van der Waals surface area contributed by atoms with E-state index in [-0.39, 0.29) is 0 Å². The first-order chi connectivity index (χ1) is 20.0. The maximum atomic E-state index is 3.87. The first-order valence-corrected chi connectivity index (χ1v) is 15.4. The molecule has 1 N–H and O–H groups in total. The van der Waals surface area contributed by atoms with Crippen LogP contribution in [0.4, 0.5) is 17.1 Å². The van der Waals surface area contributed by atoms with E-state index in [9.17, 15) is 0 Å². The zero-order valence-corrected chi connectivity index (χ0v) is 27.0. The summed E-state index contributed by atoms with van der Waals surface area (Å²) in [5.41, 5.74) is 21.5. The molecule has 4 nitrogen and oxygen atoms in total. The van der Waals surface area contributed by atoms with Gasteiger partial charge in [-0.3, -0.25) is 4.90 Å². The fourth-order valence-electron chi connectivity index (χ4n) is 7.38. The van der Waals surface area contributed by atoms with Gasteiger partial charge in [-0.15, -0.1) is 0 Å². The van der Waals surface area contributed by atoms with Gasteiger partial charge in [0.05, 0.1) is 6.67 Å². The highest BCUT2D eigenvalue weighted by atomic mass is 15.3. The summed E-state index contributed by atoms with van der Waals surface area (Å²) in [6, 6.07) is 19.1. The van der Waals surface area contributed by atoms with Crippen LogP contribution >= 0.6 is 0 Å². The van der Waals surface area contributed by atoms with E-state index in [1.54, 1.807) is 0 Å². The zero-order chi connectivity index (χ0) is 29.9. The molecule has 4 aromatic carbocycles. The molecule has 4 aromatic rings. The van der Waals surface area contributed by atoms with Crippen LogP contribution in [0.25, 0.3) is 22.3 Å². The Labute approximate surface area is 253 Å². The van der Waals surface area contributed by atoms with Crippen molar-refractivity contribution in [3.63, 3.8) is 0 Å². The zero-order valence-electron chi connectivity index (χ0n) is 27.0. The highest BCUT2D eigenvalue weighted by Gasteiger charge is 2.24. The molecule has 0 amide bonds. The Kier molecular flexibility index (Phi) is 7.31. The topological polar surface area (TPSA) is 21.8 Å². The summed E-state index contributed by atoms with van der Waals surface area (Å²) < 4.78 is 0. The molecule has 0 saturated heterocycles. The van der Waals surface area contributed by atoms with E-state index >= 15 is 0 Å². The second-order valence-electron chi connectivity index (χ2n) is 12.9. The maximum absolute atomic E-state index is 3.87. The Balaban J connectivity index is 1.37. The lowest BCUT2D eigenvalue weighted by molar-refractivity contribution is 0.310. The van der Waals surface area contributed by atoms with E-state index in [1.807, 2.05) is 0 Å². The summed E-state index contributed by atoms with van der Waals surface area (Å²) in [5, 5.41) is 3.87. The number of hydrogen-bond acceptors (Lipinski definition) is 4. The molecule has 218 valence electrons. The predicted octanol–water partition coefficient (Wildman–Crippen LogP) is 8.66. The van der Waals surface area contributed by atoms with Crippen molar-refractivity contribution in [2.45, 2.75) is 68.1 Å². The molecule has 0 bridgehead atoms. The van der Waals surface area contributed by atoms with Gasteiger partial charge in [-0.2, -0.15) is 0 Å². The molecule has 0 fully saturated rings. The van der Waals surface area contributed by atoms with E-state index in [0.717, 1.165) is 32.8 Å². The Hall–Kier alpha value is -3.76. The van der Waals surface area contributed by atoms with Gasteiger partial charge in [0.1, 0.15) is 0 Å². The summed E-state index contributed by atoms with van der Waals surface area (Å²) in [4.78, 5) is 7.36. The third-order valence-corrected chi connectivity index (χ3v) is 9.56. The molecular weight excluding hydrogens is 512 g/mol. The normalized spacial score (nSPS) is 15.0. The Morgan fingerprint density at radius 1 is 0.595 bits per heavy atom. The number of rotatable bonds is 3. The molecule has 0 radical (unpaired) electrons. The summed E-state index contributed by atoms with van der Waals surface area (Å²) in [7, 11) is 4.47. The number of fused-ring (bicyclic) bond motifs is 3. The fraction of sp³-hybridized carbons (Fsp3) is 0.368. The molecule has 42 heavy (non-hydrogen) atoms. The molecule has 0 saturated carbocycles. The van der Waals surface area contributed by atoms with Crippen molar-refractivity contribution in [3.05, 3.63) is 98.6 Å². The lowest BCUT2D eigenvalue weighted by Gasteiger charge is -2.37. The Bertz CT molecular complexity index is 1680. The maximum Gasteiger partial charge on any atom is 0.0707 e. The summed E-state index contributed by atoms with van der Waals surface area (Å²) in [6.45, 7) is 20.4. The van der Waals surface area contributed by atoms with Crippen molar-refractivity contribution in [3.8, 4) is 22.3 Å². The SMILES string of the molecule is CCN1CN(C)Cc2cc(-c3cc(C)c4c(c3)CN(C)c3c(C)cc(-c5cc(C)c(C)c(C)c5)cc3CN4)cc(C)c21. The standard InChI is InChI=1S/C38H46N4/c1-10-42-22-40(8)20-35-18-32(15-27(6)38(35)42)30-13-25(4)36-34(17-30)21-41(9)37-26(5)14-31(16-33(37)19-39-36)29-11-23(2)28(7)24(3)12-29/h11-18,39H,10,19-22H2,1-9H3. The Morgan fingerprint density at radius 3 is 1.76 bits per heavy atom. The van der Waals surface area contributed by atoms with Gasteiger partial charge in [0.15, 0.2) is 0 Å². The van der Waals surface area contributed by atoms with Crippen LogP contribution in [0, 0.1) is 41.5 Å². The van der Waals surface area contributed by atoms with E-state index in [2.05, 4.69) is 131 Å². The van der Waals surface area contributed by atoms with Crippen molar-refractivity contribution in [2.24, 2.45) is 0 Å². The summed E-state index contributed by atoms with van der Waals surface area (Å²) in [6.07, 6.45) is 0.